The number of urea groups is 1. The van der Waals surface area contributed by atoms with Gasteiger partial charge in [-0.1, -0.05) is 35.9 Å². The van der Waals surface area contributed by atoms with Gasteiger partial charge in [0.25, 0.3) is 0 Å². The van der Waals surface area contributed by atoms with Crippen molar-refractivity contribution < 1.29 is 14.3 Å². The molecule has 1 aromatic heterocycles. The summed E-state index contributed by atoms with van der Waals surface area (Å²) in [5.74, 6) is 0.699. The lowest BCUT2D eigenvalue weighted by atomic mass is 10.0. The Morgan fingerprint density at radius 3 is 2.56 bits per heavy atom. The van der Waals surface area contributed by atoms with E-state index in [4.69, 9.17) is 4.74 Å². The number of para-hydroxylation sites is 1. The lowest BCUT2D eigenvalue weighted by Crippen LogP contribution is -2.50. The van der Waals surface area contributed by atoms with Crippen LogP contribution in [-0.4, -0.2) is 47.5 Å². The van der Waals surface area contributed by atoms with E-state index in [2.05, 4.69) is 16.8 Å². The standard InChI is InChI=1S/C27H31N3O3S/c1-19(2)30(27(32)28-21-11-9-20(3)10-12-21)17-26(31)29-15-13-25-23(14-16-34-25)24(29)18-33-22-7-5-4-6-8-22/h4-12,14,16,19,24H,13,15,17-18H2,1-3H3,(H,28,32). The third-order valence-electron chi connectivity index (χ3n) is 6.06. The molecule has 1 unspecified atom stereocenters. The monoisotopic (exact) mass is 477 g/mol. The number of nitrogens with zero attached hydrogens (tertiary/aromatic N) is 2. The second kappa shape index (κ2) is 10.7. The normalized spacial score (nSPS) is 15.1. The van der Waals surface area contributed by atoms with Gasteiger partial charge in [-0.2, -0.15) is 0 Å². The van der Waals surface area contributed by atoms with Crippen molar-refractivity contribution in [3.05, 3.63) is 82.0 Å². The van der Waals surface area contributed by atoms with E-state index in [1.165, 1.54) is 4.88 Å². The van der Waals surface area contributed by atoms with Crippen molar-refractivity contribution in [1.29, 1.82) is 0 Å². The highest BCUT2D eigenvalue weighted by molar-refractivity contribution is 7.10. The average Bonchev–Trinajstić information content (AvgIpc) is 3.32. The Morgan fingerprint density at radius 1 is 1.12 bits per heavy atom. The van der Waals surface area contributed by atoms with Crippen molar-refractivity contribution >= 4 is 29.0 Å². The Kier molecular flexibility index (Phi) is 7.53. The van der Waals surface area contributed by atoms with E-state index in [0.717, 1.165) is 23.3 Å². The van der Waals surface area contributed by atoms with Gasteiger partial charge in [-0.15, -0.1) is 11.3 Å². The molecule has 2 aromatic carbocycles. The van der Waals surface area contributed by atoms with Crippen LogP contribution in [0.25, 0.3) is 0 Å². The molecule has 1 atom stereocenters. The van der Waals surface area contributed by atoms with Crippen LogP contribution in [0.1, 0.15) is 35.9 Å². The van der Waals surface area contributed by atoms with Crippen LogP contribution < -0.4 is 10.1 Å². The number of carbonyl (C=O) groups excluding carboxylic acids is 2. The number of benzene rings is 2. The van der Waals surface area contributed by atoms with E-state index < -0.39 is 0 Å². The highest BCUT2D eigenvalue weighted by Gasteiger charge is 2.34. The number of nitrogens with one attached hydrogen (secondary N) is 1. The van der Waals surface area contributed by atoms with Gasteiger partial charge >= 0.3 is 6.03 Å². The van der Waals surface area contributed by atoms with Crippen molar-refractivity contribution in [1.82, 2.24) is 9.80 Å². The third-order valence-corrected chi connectivity index (χ3v) is 7.06. The molecular formula is C27H31N3O3S. The average molecular weight is 478 g/mol. The van der Waals surface area contributed by atoms with Gasteiger partial charge in [0.15, 0.2) is 0 Å². The lowest BCUT2D eigenvalue weighted by molar-refractivity contribution is -0.135. The maximum absolute atomic E-state index is 13.5. The summed E-state index contributed by atoms with van der Waals surface area (Å²) in [6, 6.07) is 18.8. The van der Waals surface area contributed by atoms with Gasteiger partial charge in [-0.25, -0.2) is 4.79 Å². The van der Waals surface area contributed by atoms with Gasteiger partial charge in [0.2, 0.25) is 5.91 Å². The van der Waals surface area contributed by atoms with Gasteiger partial charge in [0.1, 0.15) is 18.9 Å². The summed E-state index contributed by atoms with van der Waals surface area (Å²) in [5, 5.41) is 4.99. The topological polar surface area (TPSA) is 61.9 Å². The minimum absolute atomic E-state index is 0.0106. The molecular weight excluding hydrogens is 446 g/mol. The number of carbonyl (C=O) groups is 2. The summed E-state index contributed by atoms with van der Waals surface area (Å²) in [4.78, 5) is 31.3. The molecule has 1 N–H and O–H groups in total. The highest BCUT2D eigenvalue weighted by atomic mass is 32.1. The first kappa shape index (κ1) is 23.8. The number of thiophene rings is 1. The molecule has 0 aliphatic carbocycles. The molecule has 6 nitrogen and oxygen atoms in total. The summed E-state index contributed by atoms with van der Waals surface area (Å²) in [6.07, 6.45) is 0.817. The maximum Gasteiger partial charge on any atom is 0.322 e. The predicted molar refractivity (Wildman–Crippen MR) is 136 cm³/mol. The van der Waals surface area contributed by atoms with Gasteiger partial charge in [0.05, 0.1) is 6.04 Å². The van der Waals surface area contributed by atoms with E-state index in [-0.39, 0.29) is 30.6 Å². The van der Waals surface area contributed by atoms with E-state index in [9.17, 15) is 9.59 Å². The van der Waals surface area contributed by atoms with Crippen LogP contribution in [-0.2, 0) is 11.2 Å². The van der Waals surface area contributed by atoms with Gasteiger partial charge in [0, 0.05) is 23.2 Å². The number of amides is 3. The Hall–Kier alpha value is -3.32. The van der Waals surface area contributed by atoms with Crippen LogP contribution in [0.15, 0.2) is 66.0 Å². The predicted octanol–water partition coefficient (Wildman–Crippen LogP) is 5.50. The number of rotatable bonds is 7. The maximum atomic E-state index is 13.5. The minimum atomic E-state index is -0.280. The number of hydrogen-bond donors (Lipinski definition) is 1. The molecule has 7 heteroatoms. The fourth-order valence-corrected chi connectivity index (χ4v) is 5.05. The lowest BCUT2D eigenvalue weighted by Gasteiger charge is -2.37. The number of aryl methyl sites for hydroxylation is 1. The van der Waals surface area contributed by atoms with E-state index in [1.54, 1.807) is 16.2 Å². The number of hydrogen-bond acceptors (Lipinski definition) is 4. The van der Waals surface area contributed by atoms with Crippen LogP contribution in [0.5, 0.6) is 5.75 Å². The summed E-state index contributed by atoms with van der Waals surface area (Å²) < 4.78 is 6.06. The first-order chi connectivity index (χ1) is 16.4. The first-order valence-electron chi connectivity index (χ1n) is 11.6. The molecule has 0 saturated heterocycles. The first-order valence-corrected chi connectivity index (χ1v) is 12.5. The van der Waals surface area contributed by atoms with Crippen molar-refractivity contribution in [3.8, 4) is 5.75 Å². The van der Waals surface area contributed by atoms with Crippen molar-refractivity contribution in [3.63, 3.8) is 0 Å². The molecule has 0 saturated carbocycles. The van der Waals surface area contributed by atoms with Gasteiger partial charge in [-0.3, -0.25) is 4.79 Å². The Morgan fingerprint density at radius 2 is 1.85 bits per heavy atom. The molecule has 3 aromatic rings. The number of anilines is 1. The number of ether oxygens (including phenoxy) is 1. The molecule has 0 spiro atoms. The van der Waals surface area contributed by atoms with Crippen LogP contribution >= 0.6 is 11.3 Å². The zero-order valence-corrected chi connectivity index (χ0v) is 20.7. The zero-order chi connectivity index (χ0) is 24.1. The minimum Gasteiger partial charge on any atom is -0.491 e. The number of fused-ring (bicyclic) bond motifs is 1. The molecule has 0 radical (unpaired) electrons. The molecule has 0 bridgehead atoms. The smallest absolute Gasteiger partial charge is 0.322 e. The third kappa shape index (κ3) is 5.59. The Balaban J connectivity index is 1.48. The summed E-state index contributed by atoms with van der Waals surface area (Å²) in [6.45, 7) is 6.84. The molecule has 1 aliphatic rings. The largest absolute Gasteiger partial charge is 0.491 e. The van der Waals surface area contributed by atoms with Crippen LogP contribution in [0.2, 0.25) is 0 Å². The molecule has 178 valence electrons. The highest BCUT2D eigenvalue weighted by Crippen LogP contribution is 2.34. The Bertz CT molecular complexity index is 1110. The van der Waals surface area contributed by atoms with Crippen molar-refractivity contribution in [2.45, 2.75) is 39.3 Å². The van der Waals surface area contributed by atoms with Crippen LogP contribution in [0.3, 0.4) is 0 Å². The fraction of sp³-hybridized carbons (Fsp3) is 0.333. The molecule has 2 heterocycles. The molecule has 1 aliphatic heterocycles. The quantitative estimate of drug-likeness (QED) is 0.489. The molecule has 4 rings (SSSR count). The Labute approximate surface area is 205 Å². The summed E-state index contributed by atoms with van der Waals surface area (Å²) in [5.41, 5.74) is 2.97. The zero-order valence-electron chi connectivity index (χ0n) is 19.9. The van der Waals surface area contributed by atoms with Crippen LogP contribution in [0, 0.1) is 6.92 Å². The van der Waals surface area contributed by atoms with Crippen LogP contribution in [0.4, 0.5) is 10.5 Å². The van der Waals surface area contributed by atoms with E-state index in [1.807, 2.05) is 80.3 Å². The fourth-order valence-electron chi connectivity index (χ4n) is 4.12. The molecule has 0 fully saturated rings. The van der Waals surface area contributed by atoms with E-state index in [0.29, 0.717) is 18.8 Å². The van der Waals surface area contributed by atoms with Crippen molar-refractivity contribution in [2.24, 2.45) is 0 Å². The summed E-state index contributed by atoms with van der Waals surface area (Å²) >= 11 is 1.72. The summed E-state index contributed by atoms with van der Waals surface area (Å²) in [7, 11) is 0. The van der Waals surface area contributed by atoms with Gasteiger partial charge < -0.3 is 19.9 Å². The second-order valence-electron chi connectivity index (χ2n) is 8.79. The molecule has 3 amide bonds. The van der Waals surface area contributed by atoms with E-state index >= 15 is 0 Å². The van der Waals surface area contributed by atoms with Crippen molar-refractivity contribution in [2.75, 3.05) is 25.0 Å². The second-order valence-corrected chi connectivity index (χ2v) is 9.79. The molecule has 34 heavy (non-hydrogen) atoms. The van der Waals surface area contributed by atoms with Gasteiger partial charge in [-0.05, 0) is 68.5 Å². The SMILES string of the molecule is Cc1ccc(NC(=O)N(CC(=O)N2CCc3sccc3C2COc2ccccc2)C(C)C)cc1.